The Bertz CT molecular complexity index is 280. The van der Waals surface area contributed by atoms with Gasteiger partial charge in [0.05, 0.1) is 6.61 Å². The van der Waals surface area contributed by atoms with Gasteiger partial charge in [-0.3, -0.25) is 0 Å². The molecule has 0 amide bonds. The first-order valence-electron chi connectivity index (χ1n) is 8.93. The number of nitrogens with zero attached hydrogens (tertiary/aromatic N) is 2. The highest BCUT2D eigenvalue weighted by Gasteiger charge is 2.26. The van der Waals surface area contributed by atoms with Gasteiger partial charge in [-0.1, -0.05) is 6.42 Å². The van der Waals surface area contributed by atoms with Gasteiger partial charge in [0.25, 0.3) is 0 Å². The van der Waals surface area contributed by atoms with Crippen LogP contribution in [0.2, 0.25) is 0 Å². The second-order valence-corrected chi connectivity index (χ2v) is 7.24. The van der Waals surface area contributed by atoms with Crippen LogP contribution in [-0.4, -0.2) is 72.9 Å². The quantitative estimate of drug-likeness (QED) is 0.750. The number of aliphatic hydroxyl groups is 1. The van der Waals surface area contributed by atoms with Crippen molar-refractivity contribution in [1.29, 1.82) is 0 Å². The summed E-state index contributed by atoms with van der Waals surface area (Å²) < 4.78 is 0. The van der Waals surface area contributed by atoms with E-state index in [4.69, 9.17) is 0 Å². The van der Waals surface area contributed by atoms with Crippen LogP contribution in [0.5, 0.6) is 0 Å². The number of likely N-dealkylation sites (tertiary alicyclic amines) is 2. The maximum atomic E-state index is 9.42. The molecule has 0 aromatic rings. The molecule has 2 rings (SSSR count). The van der Waals surface area contributed by atoms with Gasteiger partial charge in [0.1, 0.15) is 0 Å². The number of nitrogens with one attached hydrogen (secondary N) is 1. The van der Waals surface area contributed by atoms with E-state index in [1.54, 1.807) is 0 Å². The lowest BCUT2D eigenvalue weighted by molar-refractivity contribution is 0.0892. The second kappa shape index (κ2) is 8.47. The lowest BCUT2D eigenvalue weighted by Crippen LogP contribution is -2.47. The lowest BCUT2D eigenvalue weighted by atomic mass is 9.96. The summed E-state index contributed by atoms with van der Waals surface area (Å²) in [4.78, 5) is 5.36. The number of aliphatic hydroxyl groups excluding tert-OH is 1. The zero-order valence-electron chi connectivity index (χ0n) is 14.1. The molecule has 0 bridgehead atoms. The van der Waals surface area contributed by atoms with Crippen LogP contribution in [0.15, 0.2) is 0 Å². The van der Waals surface area contributed by atoms with Crippen molar-refractivity contribution in [1.82, 2.24) is 15.1 Å². The van der Waals surface area contributed by atoms with Gasteiger partial charge in [-0.25, -0.2) is 0 Å². The summed E-state index contributed by atoms with van der Waals surface area (Å²) in [7, 11) is 1.94. The van der Waals surface area contributed by atoms with Gasteiger partial charge < -0.3 is 20.2 Å². The summed E-state index contributed by atoms with van der Waals surface area (Å²) in [5.74, 6) is 0. The van der Waals surface area contributed by atoms with Crippen molar-refractivity contribution < 1.29 is 5.11 Å². The van der Waals surface area contributed by atoms with Gasteiger partial charge in [-0.15, -0.1) is 0 Å². The zero-order valence-corrected chi connectivity index (χ0v) is 14.1. The highest BCUT2D eigenvalue weighted by atomic mass is 16.3. The third-order valence-corrected chi connectivity index (χ3v) is 5.62. The summed E-state index contributed by atoms with van der Waals surface area (Å²) in [6.45, 7) is 8.70. The first-order chi connectivity index (χ1) is 10.2. The number of hydrogen-bond donors (Lipinski definition) is 2. The van der Waals surface area contributed by atoms with E-state index in [1.165, 1.54) is 71.2 Å². The van der Waals surface area contributed by atoms with Crippen LogP contribution in [-0.2, 0) is 0 Å². The third kappa shape index (κ3) is 5.20. The van der Waals surface area contributed by atoms with Crippen molar-refractivity contribution in [2.75, 3.05) is 46.4 Å². The highest BCUT2D eigenvalue weighted by Crippen LogP contribution is 2.21. The summed E-state index contributed by atoms with van der Waals surface area (Å²) in [5, 5.41) is 12.7. The van der Waals surface area contributed by atoms with Crippen LogP contribution in [0, 0.1) is 0 Å². The largest absolute Gasteiger partial charge is 0.394 e. The Hall–Kier alpha value is -0.160. The molecule has 0 aromatic heterocycles. The maximum Gasteiger partial charge on any atom is 0.0610 e. The number of hydrogen-bond acceptors (Lipinski definition) is 4. The zero-order chi connectivity index (χ0) is 15.1. The monoisotopic (exact) mass is 297 g/mol. The fourth-order valence-electron chi connectivity index (χ4n) is 3.77. The maximum absolute atomic E-state index is 9.42. The van der Waals surface area contributed by atoms with E-state index < -0.39 is 0 Å². The van der Waals surface area contributed by atoms with E-state index in [0.29, 0.717) is 0 Å². The van der Waals surface area contributed by atoms with Crippen molar-refractivity contribution in [2.24, 2.45) is 0 Å². The van der Waals surface area contributed by atoms with Crippen LogP contribution >= 0.6 is 0 Å². The molecule has 2 saturated heterocycles. The van der Waals surface area contributed by atoms with E-state index in [9.17, 15) is 5.11 Å². The number of piperidine rings is 2. The fourth-order valence-corrected chi connectivity index (χ4v) is 3.77. The minimum atomic E-state index is -0.105. The molecular formula is C17H35N3O. The van der Waals surface area contributed by atoms with Crippen LogP contribution < -0.4 is 5.32 Å². The SMILES string of the molecule is CNC(C)(CO)CCCN1CCC(N2CCCCC2)CC1. The summed E-state index contributed by atoms with van der Waals surface area (Å²) in [5.41, 5.74) is -0.105. The van der Waals surface area contributed by atoms with Gasteiger partial charge in [0.15, 0.2) is 0 Å². The Morgan fingerprint density at radius 3 is 2.33 bits per heavy atom. The predicted octanol–water partition coefficient (Wildman–Crippen LogP) is 1.69. The minimum absolute atomic E-state index is 0.105. The van der Waals surface area contributed by atoms with E-state index in [2.05, 4.69) is 22.0 Å². The molecule has 4 heteroatoms. The van der Waals surface area contributed by atoms with Crippen LogP contribution in [0.1, 0.15) is 51.9 Å². The van der Waals surface area contributed by atoms with Gasteiger partial charge in [-0.05, 0) is 85.2 Å². The van der Waals surface area contributed by atoms with E-state index in [-0.39, 0.29) is 12.1 Å². The van der Waals surface area contributed by atoms with Crippen molar-refractivity contribution >= 4 is 0 Å². The van der Waals surface area contributed by atoms with E-state index in [0.717, 1.165) is 12.5 Å². The molecule has 0 spiro atoms. The van der Waals surface area contributed by atoms with Crippen molar-refractivity contribution in [3.63, 3.8) is 0 Å². The molecule has 0 aliphatic carbocycles. The lowest BCUT2D eigenvalue weighted by Gasteiger charge is -2.40. The molecule has 1 atom stereocenters. The molecule has 0 saturated carbocycles. The first-order valence-corrected chi connectivity index (χ1v) is 8.93. The Balaban J connectivity index is 1.62. The fraction of sp³-hybridized carbons (Fsp3) is 1.00. The molecule has 2 aliphatic rings. The normalized spacial score (nSPS) is 25.9. The molecule has 2 fully saturated rings. The van der Waals surface area contributed by atoms with Gasteiger partial charge in [0, 0.05) is 11.6 Å². The molecule has 0 radical (unpaired) electrons. The molecule has 21 heavy (non-hydrogen) atoms. The average Bonchev–Trinajstić information content (AvgIpc) is 2.56. The topological polar surface area (TPSA) is 38.7 Å². The summed E-state index contributed by atoms with van der Waals surface area (Å²) in [6, 6.07) is 0.849. The van der Waals surface area contributed by atoms with Crippen molar-refractivity contribution in [3.05, 3.63) is 0 Å². The van der Waals surface area contributed by atoms with Crippen molar-refractivity contribution in [3.8, 4) is 0 Å². The van der Waals surface area contributed by atoms with Crippen molar-refractivity contribution in [2.45, 2.75) is 63.5 Å². The highest BCUT2D eigenvalue weighted by molar-refractivity contribution is 4.83. The Labute approximate surface area is 130 Å². The first kappa shape index (κ1) is 17.2. The molecule has 0 aromatic carbocycles. The third-order valence-electron chi connectivity index (χ3n) is 5.62. The molecule has 2 aliphatic heterocycles. The number of likely N-dealkylation sites (N-methyl/N-ethyl adjacent to an activating group) is 1. The van der Waals surface area contributed by atoms with Crippen LogP contribution in [0.25, 0.3) is 0 Å². The Morgan fingerprint density at radius 1 is 1.10 bits per heavy atom. The average molecular weight is 297 g/mol. The Morgan fingerprint density at radius 2 is 1.76 bits per heavy atom. The Kier molecular flexibility index (Phi) is 6.93. The standard InChI is InChI=1S/C17H35N3O/c1-17(15-21,18-2)9-6-10-19-13-7-16(8-14-19)20-11-4-3-5-12-20/h16,18,21H,3-15H2,1-2H3. The molecule has 1 unspecified atom stereocenters. The summed E-state index contributed by atoms with van der Waals surface area (Å²) in [6.07, 6.45) is 9.17. The molecule has 2 N–H and O–H groups in total. The van der Waals surface area contributed by atoms with Crippen LogP contribution in [0.4, 0.5) is 0 Å². The van der Waals surface area contributed by atoms with E-state index in [1.807, 2.05) is 7.05 Å². The van der Waals surface area contributed by atoms with E-state index >= 15 is 0 Å². The van der Waals surface area contributed by atoms with Gasteiger partial charge >= 0.3 is 0 Å². The molecule has 124 valence electrons. The predicted molar refractivity (Wildman–Crippen MR) is 88.7 cm³/mol. The second-order valence-electron chi connectivity index (χ2n) is 7.24. The molecule has 4 nitrogen and oxygen atoms in total. The van der Waals surface area contributed by atoms with Crippen LogP contribution in [0.3, 0.4) is 0 Å². The molecular weight excluding hydrogens is 262 g/mol. The number of rotatable bonds is 7. The summed E-state index contributed by atoms with van der Waals surface area (Å²) >= 11 is 0. The smallest absolute Gasteiger partial charge is 0.0610 e. The molecule has 2 heterocycles. The minimum Gasteiger partial charge on any atom is -0.394 e. The van der Waals surface area contributed by atoms with Gasteiger partial charge in [-0.2, -0.15) is 0 Å². The van der Waals surface area contributed by atoms with Gasteiger partial charge in [0.2, 0.25) is 0 Å².